The number of nitrogens with zero attached hydrogens (tertiary/aromatic N) is 2. The molecule has 0 fully saturated rings. The van der Waals surface area contributed by atoms with Gasteiger partial charge in [0.1, 0.15) is 10.7 Å². The van der Waals surface area contributed by atoms with Gasteiger partial charge in [0, 0.05) is 12.7 Å². The van der Waals surface area contributed by atoms with Crippen molar-refractivity contribution in [3.05, 3.63) is 42.0 Å². The van der Waals surface area contributed by atoms with Crippen LogP contribution in [0.15, 0.2) is 35.5 Å². The lowest BCUT2D eigenvalue weighted by Crippen LogP contribution is -2.14. The first kappa shape index (κ1) is 14.5. The normalized spacial score (nSPS) is 11.6. The molecule has 0 atom stereocenters. The molecule has 3 N–H and O–H groups in total. The zero-order chi connectivity index (χ0) is 14.8. The minimum atomic E-state index is -3.86. The van der Waals surface area contributed by atoms with E-state index in [0.717, 1.165) is 5.56 Å². The van der Waals surface area contributed by atoms with E-state index in [1.165, 1.54) is 29.2 Å². The fourth-order valence-electron chi connectivity index (χ4n) is 1.66. The van der Waals surface area contributed by atoms with E-state index in [-0.39, 0.29) is 10.6 Å². The molecule has 0 saturated carbocycles. The van der Waals surface area contributed by atoms with E-state index in [2.05, 4.69) is 9.82 Å². The second kappa shape index (κ2) is 5.59. The number of aryl methyl sites for hydroxylation is 1. The van der Waals surface area contributed by atoms with E-state index in [4.69, 9.17) is 5.73 Å². The first-order valence-electron chi connectivity index (χ1n) is 5.94. The van der Waals surface area contributed by atoms with Crippen LogP contribution in [0.5, 0.6) is 0 Å². The maximum atomic E-state index is 13.6. The minimum absolute atomic E-state index is 0.0353. The van der Waals surface area contributed by atoms with Gasteiger partial charge in [0.2, 0.25) is 0 Å². The predicted octanol–water partition coefficient (Wildman–Crippen LogP) is 1.09. The van der Waals surface area contributed by atoms with Crippen LogP contribution >= 0.6 is 0 Å². The third kappa shape index (κ3) is 3.14. The van der Waals surface area contributed by atoms with Gasteiger partial charge in [0.05, 0.1) is 18.4 Å². The van der Waals surface area contributed by atoms with Crippen molar-refractivity contribution < 1.29 is 12.8 Å². The Hall–Kier alpha value is -1.93. The van der Waals surface area contributed by atoms with Crippen LogP contribution in [0, 0.1) is 12.7 Å². The highest BCUT2D eigenvalue weighted by atomic mass is 32.2. The van der Waals surface area contributed by atoms with Crippen molar-refractivity contribution in [1.82, 2.24) is 9.78 Å². The third-order valence-corrected chi connectivity index (χ3v) is 3.96. The monoisotopic (exact) mass is 298 g/mol. The summed E-state index contributed by atoms with van der Waals surface area (Å²) in [5.41, 5.74) is 6.03. The largest absolute Gasteiger partial charge is 0.329 e. The van der Waals surface area contributed by atoms with Crippen molar-refractivity contribution in [2.75, 3.05) is 11.3 Å². The van der Waals surface area contributed by atoms with Gasteiger partial charge in [-0.2, -0.15) is 5.10 Å². The number of nitrogens with two attached hydrogens (primary N) is 1. The van der Waals surface area contributed by atoms with Crippen LogP contribution in [-0.4, -0.2) is 24.7 Å². The Balaban J connectivity index is 2.28. The van der Waals surface area contributed by atoms with Crippen LogP contribution in [0.2, 0.25) is 0 Å². The number of rotatable bonds is 5. The first-order valence-corrected chi connectivity index (χ1v) is 7.42. The summed E-state index contributed by atoms with van der Waals surface area (Å²) in [7, 11) is -3.86. The Morgan fingerprint density at radius 1 is 1.45 bits per heavy atom. The topological polar surface area (TPSA) is 90.0 Å². The maximum absolute atomic E-state index is 13.6. The molecule has 8 heteroatoms. The standard InChI is InChI=1S/C12H15FN4O2S/c1-9-2-3-11(13)12(6-9)16-20(18,19)10-7-15-17(8-10)5-4-14/h2-3,6-8,16H,4-5,14H2,1H3. The van der Waals surface area contributed by atoms with Gasteiger partial charge in [-0.3, -0.25) is 9.40 Å². The molecular weight excluding hydrogens is 283 g/mol. The van der Waals surface area contributed by atoms with E-state index < -0.39 is 15.8 Å². The summed E-state index contributed by atoms with van der Waals surface area (Å²) >= 11 is 0. The maximum Gasteiger partial charge on any atom is 0.265 e. The number of nitrogens with one attached hydrogen (secondary N) is 1. The Morgan fingerprint density at radius 3 is 2.90 bits per heavy atom. The molecule has 2 rings (SSSR count). The zero-order valence-electron chi connectivity index (χ0n) is 10.9. The van der Waals surface area contributed by atoms with Crippen molar-refractivity contribution in [2.45, 2.75) is 18.4 Å². The molecule has 0 aliphatic heterocycles. The van der Waals surface area contributed by atoms with Crippen LogP contribution in [0.1, 0.15) is 5.56 Å². The molecule has 1 heterocycles. The molecule has 6 nitrogen and oxygen atoms in total. The highest BCUT2D eigenvalue weighted by Crippen LogP contribution is 2.20. The lowest BCUT2D eigenvalue weighted by Gasteiger charge is -2.08. The number of halogens is 1. The highest BCUT2D eigenvalue weighted by molar-refractivity contribution is 7.92. The number of anilines is 1. The fourth-order valence-corrected chi connectivity index (χ4v) is 2.67. The number of sulfonamides is 1. The van der Waals surface area contributed by atoms with Crippen LogP contribution in [0.25, 0.3) is 0 Å². The van der Waals surface area contributed by atoms with Gasteiger partial charge >= 0.3 is 0 Å². The highest BCUT2D eigenvalue weighted by Gasteiger charge is 2.18. The van der Waals surface area contributed by atoms with Gasteiger partial charge in [0.25, 0.3) is 10.0 Å². The summed E-state index contributed by atoms with van der Waals surface area (Å²) in [6, 6.07) is 4.20. The Morgan fingerprint density at radius 2 is 2.20 bits per heavy atom. The quantitative estimate of drug-likeness (QED) is 0.864. The summed E-state index contributed by atoms with van der Waals surface area (Å²) in [6.45, 7) is 2.51. The van der Waals surface area contributed by atoms with Gasteiger partial charge in [-0.1, -0.05) is 6.07 Å². The SMILES string of the molecule is Cc1ccc(F)c(NS(=O)(=O)c2cnn(CCN)c2)c1. The molecule has 0 aliphatic rings. The third-order valence-electron chi connectivity index (χ3n) is 2.64. The number of hydrogen-bond donors (Lipinski definition) is 2. The Bertz CT molecular complexity index is 712. The molecule has 0 aliphatic carbocycles. The summed E-state index contributed by atoms with van der Waals surface area (Å²) < 4.78 is 41.4. The van der Waals surface area contributed by atoms with Gasteiger partial charge in [-0.25, -0.2) is 12.8 Å². The van der Waals surface area contributed by atoms with Crippen LogP contribution in [-0.2, 0) is 16.6 Å². The van der Waals surface area contributed by atoms with E-state index >= 15 is 0 Å². The van der Waals surface area contributed by atoms with Gasteiger partial charge < -0.3 is 5.73 Å². The Kier molecular flexibility index (Phi) is 4.05. The summed E-state index contributed by atoms with van der Waals surface area (Å²) in [4.78, 5) is -0.0353. The summed E-state index contributed by atoms with van der Waals surface area (Å²) in [5, 5.41) is 3.88. The lowest BCUT2D eigenvalue weighted by molar-refractivity contribution is 0.597. The number of hydrogen-bond acceptors (Lipinski definition) is 4. The minimum Gasteiger partial charge on any atom is -0.329 e. The van der Waals surface area contributed by atoms with E-state index in [0.29, 0.717) is 13.1 Å². The van der Waals surface area contributed by atoms with Crippen molar-refractivity contribution in [2.24, 2.45) is 5.73 Å². The van der Waals surface area contributed by atoms with Gasteiger partial charge in [-0.05, 0) is 24.6 Å². The molecule has 20 heavy (non-hydrogen) atoms. The molecule has 1 aromatic heterocycles. The molecule has 0 saturated heterocycles. The van der Waals surface area contributed by atoms with E-state index in [9.17, 15) is 12.8 Å². The predicted molar refractivity (Wildman–Crippen MR) is 73.2 cm³/mol. The fraction of sp³-hybridized carbons (Fsp3) is 0.250. The van der Waals surface area contributed by atoms with Crippen molar-refractivity contribution in [3.8, 4) is 0 Å². The van der Waals surface area contributed by atoms with Crippen LogP contribution in [0.3, 0.4) is 0 Å². The first-order chi connectivity index (χ1) is 9.42. The van der Waals surface area contributed by atoms with Crippen molar-refractivity contribution >= 4 is 15.7 Å². The number of aromatic nitrogens is 2. The summed E-state index contributed by atoms with van der Waals surface area (Å²) in [5.74, 6) is -0.631. The van der Waals surface area contributed by atoms with Crippen LogP contribution < -0.4 is 10.5 Å². The molecule has 1 aromatic carbocycles. The molecule has 0 spiro atoms. The zero-order valence-corrected chi connectivity index (χ0v) is 11.7. The van der Waals surface area contributed by atoms with Crippen LogP contribution in [0.4, 0.5) is 10.1 Å². The average molecular weight is 298 g/mol. The summed E-state index contributed by atoms with van der Waals surface area (Å²) in [6.07, 6.45) is 2.55. The van der Waals surface area contributed by atoms with Crippen molar-refractivity contribution in [3.63, 3.8) is 0 Å². The van der Waals surface area contributed by atoms with E-state index in [1.807, 2.05) is 0 Å². The molecule has 0 unspecified atom stereocenters. The molecule has 108 valence electrons. The Labute approximate surface area is 116 Å². The molecule has 2 aromatic rings. The smallest absolute Gasteiger partial charge is 0.265 e. The van der Waals surface area contributed by atoms with Gasteiger partial charge in [-0.15, -0.1) is 0 Å². The van der Waals surface area contributed by atoms with E-state index in [1.54, 1.807) is 13.0 Å². The molecule has 0 bridgehead atoms. The molecule has 0 amide bonds. The lowest BCUT2D eigenvalue weighted by atomic mass is 10.2. The second-order valence-corrected chi connectivity index (χ2v) is 6.00. The second-order valence-electron chi connectivity index (χ2n) is 4.32. The van der Waals surface area contributed by atoms with Crippen molar-refractivity contribution in [1.29, 1.82) is 0 Å². The average Bonchev–Trinajstić information content (AvgIpc) is 2.83. The van der Waals surface area contributed by atoms with Gasteiger partial charge in [0.15, 0.2) is 0 Å². The molecular formula is C12H15FN4O2S. The molecule has 0 radical (unpaired) electrons. The number of benzene rings is 1.